The average Bonchev–Trinajstić information content (AvgIpc) is 3.01. The fourth-order valence-electron chi connectivity index (χ4n) is 3.84. The number of hydrogen-bond acceptors (Lipinski definition) is 4. The van der Waals surface area contributed by atoms with Crippen molar-refractivity contribution in [3.05, 3.63) is 105 Å². The fraction of sp³-hybridized carbons (Fsp3) is 0.160. The predicted molar refractivity (Wildman–Crippen MR) is 119 cm³/mol. The van der Waals surface area contributed by atoms with Crippen LogP contribution < -0.4 is 0 Å². The summed E-state index contributed by atoms with van der Waals surface area (Å²) in [4.78, 5) is 31.9. The molecule has 1 N–H and O–H groups in total. The molecule has 0 spiro atoms. The van der Waals surface area contributed by atoms with Crippen molar-refractivity contribution in [3.63, 3.8) is 0 Å². The SMILES string of the molecule is Cc1ccc(C)c(/C(O)=C2\C(=O)C(=O)N(Cc3ccccn3)C2c2ccc(Cl)cc2)c1. The molecule has 3 aromatic rings. The van der Waals surface area contributed by atoms with E-state index in [1.54, 1.807) is 42.6 Å². The van der Waals surface area contributed by atoms with Crippen LogP contribution in [0.4, 0.5) is 0 Å². The van der Waals surface area contributed by atoms with Gasteiger partial charge in [0.2, 0.25) is 0 Å². The van der Waals surface area contributed by atoms with Crippen molar-refractivity contribution in [2.24, 2.45) is 0 Å². The van der Waals surface area contributed by atoms with Gasteiger partial charge in [-0.3, -0.25) is 14.6 Å². The third kappa shape index (κ3) is 3.97. The fourth-order valence-corrected chi connectivity index (χ4v) is 3.96. The van der Waals surface area contributed by atoms with Crippen molar-refractivity contribution in [2.75, 3.05) is 0 Å². The number of aliphatic hydroxyl groups excluding tert-OH is 1. The Hall–Kier alpha value is -3.44. The number of hydrogen-bond donors (Lipinski definition) is 1. The van der Waals surface area contributed by atoms with E-state index in [4.69, 9.17) is 11.6 Å². The molecule has 5 nitrogen and oxygen atoms in total. The lowest BCUT2D eigenvalue weighted by Crippen LogP contribution is -2.29. The lowest BCUT2D eigenvalue weighted by atomic mass is 9.93. The van der Waals surface area contributed by atoms with Gasteiger partial charge in [-0.05, 0) is 55.3 Å². The summed E-state index contributed by atoms with van der Waals surface area (Å²) in [6.45, 7) is 3.91. The van der Waals surface area contributed by atoms with E-state index < -0.39 is 17.7 Å². The van der Waals surface area contributed by atoms with Gasteiger partial charge in [-0.1, -0.05) is 47.5 Å². The van der Waals surface area contributed by atoms with E-state index >= 15 is 0 Å². The van der Waals surface area contributed by atoms with Crippen molar-refractivity contribution < 1.29 is 14.7 Å². The molecule has 1 atom stereocenters. The number of nitrogens with zero attached hydrogens (tertiary/aromatic N) is 2. The van der Waals surface area contributed by atoms with E-state index in [0.29, 0.717) is 21.8 Å². The highest BCUT2D eigenvalue weighted by molar-refractivity contribution is 6.46. The number of Topliss-reactive ketones (excluding diaryl/α,β-unsaturated/α-hetero) is 1. The van der Waals surface area contributed by atoms with E-state index in [-0.39, 0.29) is 17.9 Å². The number of likely N-dealkylation sites (tertiary alicyclic amines) is 1. The first-order valence-electron chi connectivity index (χ1n) is 9.88. The zero-order chi connectivity index (χ0) is 22.1. The van der Waals surface area contributed by atoms with Crippen LogP contribution in [0.1, 0.15) is 34.0 Å². The number of ketones is 1. The number of carbonyl (C=O) groups is 2. The smallest absolute Gasteiger partial charge is 0.296 e. The topological polar surface area (TPSA) is 70.5 Å². The highest BCUT2D eigenvalue weighted by Crippen LogP contribution is 2.40. The molecule has 4 rings (SSSR count). The average molecular weight is 433 g/mol. The Morgan fingerprint density at radius 3 is 2.48 bits per heavy atom. The molecule has 156 valence electrons. The molecule has 1 unspecified atom stereocenters. The number of pyridine rings is 1. The molecular weight excluding hydrogens is 412 g/mol. The van der Waals surface area contributed by atoms with Gasteiger partial charge in [-0.2, -0.15) is 0 Å². The maximum absolute atomic E-state index is 13.1. The first-order chi connectivity index (χ1) is 14.9. The maximum Gasteiger partial charge on any atom is 0.296 e. The molecule has 0 radical (unpaired) electrons. The van der Waals surface area contributed by atoms with Gasteiger partial charge in [0.1, 0.15) is 5.76 Å². The second-order valence-corrected chi connectivity index (χ2v) is 8.05. The van der Waals surface area contributed by atoms with Crippen LogP contribution in [0.2, 0.25) is 5.02 Å². The molecule has 6 heteroatoms. The number of amides is 1. The van der Waals surface area contributed by atoms with Gasteiger partial charge in [0.15, 0.2) is 0 Å². The summed E-state index contributed by atoms with van der Waals surface area (Å²) in [5.41, 5.74) is 3.69. The first-order valence-corrected chi connectivity index (χ1v) is 10.3. The minimum atomic E-state index is -0.751. The Morgan fingerprint density at radius 1 is 1.06 bits per heavy atom. The Labute approximate surface area is 185 Å². The molecule has 1 saturated heterocycles. The number of aryl methyl sites for hydroxylation is 2. The largest absolute Gasteiger partial charge is 0.507 e. The first kappa shape index (κ1) is 20.8. The van der Waals surface area contributed by atoms with E-state index in [1.807, 2.05) is 38.1 Å². The van der Waals surface area contributed by atoms with Gasteiger partial charge < -0.3 is 10.0 Å². The number of aromatic nitrogens is 1. The van der Waals surface area contributed by atoms with Crippen LogP contribution in [0, 0.1) is 13.8 Å². The number of carbonyl (C=O) groups excluding carboxylic acids is 2. The van der Waals surface area contributed by atoms with Gasteiger partial charge in [-0.25, -0.2) is 0 Å². The zero-order valence-corrected chi connectivity index (χ0v) is 17.9. The predicted octanol–water partition coefficient (Wildman–Crippen LogP) is 4.97. The minimum absolute atomic E-state index is 0.0666. The van der Waals surface area contributed by atoms with Gasteiger partial charge in [0, 0.05) is 16.8 Å². The lowest BCUT2D eigenvalue weighted by molar-refractivity contribution is -0.140. The van der Waals surface area contributed by atoms with Crippen molar-refractivity contribution >= 4 is 29.1 Å². The normalized spacial score (nSPS) is 17.9. The molecule has 0 bridgehead atoms. The number of rotatable bonds is 4. The lowest BCUT2D eigenvalue weighted by Gasteiger charge is -2.25. The molecule has 0 aliphatic carbocycles. The summed E-state index contributed by atoms with van der Waals surface area (Å²) in [6.07, 6.45) is 1.64. The molecule has 1 aliphatic heterocycles. The summed E-state index contributed by atoms with van der Waals surface area (Å²) in [7, 11) is 0. The third-order valence-electron chi connectivity index (χ3n) is 5.43. The highest BCUT2D eigenvalue weighted by atomic mass is 35.5. The molecule has 1 fully saturated rings. The molecule has 2 heterocycles. The van der Waals surface area contributed by atoms with Crippen LogP contribution in [0.15, 0.2) is 72.4 Å². The second kappa shape index (κ2) is 8.36. The van der Waals surface area contributed by atoms with Crippen molar-refractivity contribution in [2.45, 2.75) is 26.4 Å². The van der Waals surface area contributed by atoms with E-state index in [1.165, 1.54) is 4.90 Å². The summed E-state index contributed by atoms with van der Waals surface area (Å²) in [5.74, 6) is -1.56. The third-order valence-corrected chi connectivity index (χ3v) is 5.68. The summed E-state index contributed by atoms with van der Waals surface area (Å²) >= 11 is 6.06. The van der Waals surface area contributed by atoms with Crippen LogP contribution in [-0.4, -0.2) is 26.7 Å². The van der Waals surface area contributed by atoms with Crippen molar-refractivity contribution in [1.82, 2.24) is 9.88 Å². The van der Waals surface area contributed by atoms with Crippen LogP contribution in [-0.2, 0) is 16.1 Å². The van der Waals surface area contributed by atoms with Crippen LogP contribution in [0.3, 0.4) is 0 Å². The molecular formula is C25H21ClN2O3. The number of halogens is 1. The molecule has 1 amide bonds. The molecule has 2 aromatic carbocycles. The molecule has 1 aromatic heterocycles. The summed E-state index contributed by atoms with van der Waals surface area (Å²) < 4.78 is 0. The van der Waals surface area contributed by atoms with E-state index in [9.17, 15) is 14.7 Å². The van der Waals surface area contributed by atoms with Gasteiger partial charge in [0.05, 0.1) is 23.9 Å². The Bertz CT molecular complexity index is 1190. The monoisotopic (exact) mass is 432 g/mol. The molecule has 1 aliphatic rings. The molecule has 0 saturated carbocycles. The van der Waals surface area contributed by atoms with Crippen LogP contribution in [0.5, 0.6) is 0 Å². The summed E-state index contributed by atoms with van der Waals surface area (Å²) in [6, 6.07) is 17.2. The maximum atomic E-state index is 13.1. The standard InChI is InChI=1S/C25H21ClN2O3/c1-15-6-7-16(2)20(13-15)23(29)21-22(17-8-10-18(26)11-9-17)28(25(31)24(21)30)14-19-5-3-4-12-27-19/h3-13,22,29H,14H2,1-2H3/b23-21+. The summed E-state index contributed by atoms with van der Waals surface area (Å²) in [5, 5.41) is 11.8. The highest BCUT2D eigenvalue weighted by Gasteiger charge is 2.46. The van der Waals surface area contributed by atoms with E-state index in [0.717, 1.165) is 11.1 Å². The Kier molecular flexibility index (Phi) is 5.61. The molecule has 31 heavy (non-hydrogen) atoms. The van der Waals surface area contributed by atoms with Crippen molar-refractivity contribution in [3.8, 4) is 0 Å². The van der Waals surface area contributed by atoms with E-state index in [2.05, 4.69) is 4.98 Å². The Morgan fingerprint density at radius 2 is 1.81 bits per heavy atom. The van der Waals surface area contributed by atoms with Gasteiger partial charge >= 0.3 is 0 Å². The minimum Gasteiger partial charge on any atom is -0.507 e. The van der Waals surface area contributed by atoms with Gasteiger partial charge in [-0.15, -0.1) is 0 Å². The van der Waals surface area contributed by atoms with Crippen LogP contribution in [0.25, 0.3) is 5.76 Å². The Balaban J connectivity index is 1.90. The van der Waals surface area contributed by atoms with Crippen LogP contribution >= 0.6 is 11.6 Å². The quantitative estimate of drug-likeness (QED) is 0.359. The number of aliphatic hydroxyl groups is 1. The second-order valence-electron chi connectivity index (χ2n) is 7.62. The zero-order valence-electron chi connectivity index (χ0n) is 17.2. The van der Waals surface area contributed by atoms with Crippen molar-refractivity contribution in [1.29, 1.82) is 0 Å². The van der Waals surface area contributed by atoms with Gasteiger partial charge in [0.25, 0.3) is 11.7 Å². The number of benzene rings is 2.